The van der Waals surface area contributed by atoms with E-state index in [0.717, 1.165) is 57.8 Å². The van der Waals surface area contributed by atoms with E-state index in [1.807, 2.05) is 0 Å². The first kappa shape index (κ1) is 56.1. The summed E-state index contributed by atoms with van der Waals surface area (Å²) >= 11 is 0. The Kier molecular flexibility index (Phi) is 46.3. The first-order valence-corrected chi connectivity index (χ1v) is 25.7. The second-order valence-electron chi connectivity index (χ2n) is 17.4. The standard InChI is InChI=1S/C52H98O6/c1-4-7-10-13-16-19-21-23-25-26-27-29-30-33-36-39-42-45-51(54)57-48-49(47-56-50(53)44-41-38-35-32-18-15-12-9-6-3)58-52(55)46-43-40-37-34-31-28-24-22-20-17-14-11-8-5-2/h23,25,49H,4-22,24,26-48H2,1-3H3/b25-23-/t49-/m1/s1. The van der Waals surface area contributed by atoms with Gasteiger partial charge in [0.05, 0.1) is 0 Å². The fourth-order valence-electron chi connectivity index (χ4n) is 7.61. The Morgan fingerprint density at radius 3 is 0.862 bits per heavy atom. The van der Waals surface area contributed by atoms with Crippen LogP contribution in [0.15, 0.2) is 12.2 Å². The number of ether oxygens (including phenoxy) is 3. The summed E-state index contributed by atoms with van der Waals surface area (Å²) in [6, 6.07) is 0. The lowest BCUT2D eigenvalue weighted by molar-refractivity contribution is -0.167. The molecule has 0 rings (SSSR count). The van der Waals surface area contributed by atoms with Gasteiger partial charge in [-0.05, 0) is 44.9 Å². The summed E-state index contributed by atoms with van der Waals surface area (Å²) in [5.41, 5.74) is 0. The molecule has 0 saturated heterocycles. The minimum atomic E-state index is -0.763. The maximum absolute atomic E-state index is 12.8. The first-order chi connectivity index (χ1) is 28.5. The molecule has 0 spiro atoms. The fraction of sp³-hybridized carbons (Fsp3) is 0.904. The molecule has 0 N–H and O–H groups in total. The summed E-state index contributed by atoms with van der Waals surface area (Å²) in [6.45, 7) is 6.64. The van der Waals surface area contributed by atoms with Crippen LogP contribution in [0.2, 0.25) is 0 Å². The highest BCUT2D eigenvalue weighted by Gasteiger charge is 2.19. The van der Waals surface area contributed by atoms with E-state index < -0.39 is 6.10 Å². The normalized spacial score (nSPS) is 12.0. The van der Waals surface area contributed by atoms with Crippen molar-refractivity contribution in [3.63, 3.8) is 0 Å². The van der Waals surface area contributed by atoms with E-state index in [0.29, 0.717) is 19.3 Å². The Morgan fingerprint density at radius 2 is 0.569 bits per heavy atom. The van der Waals surface area contributed by atoms with Crippen molar-refractivity contribution in [2.24, 2.45) is 0 Å². The van der Waals surface area contributed by atoms with Gasteiger partial charge < -0.3 is 14.2 Å². The van der Waals surface area contributed by atoms with Gasteiger partial charge in [-0.3, -0.25) is 14.4 Å². The Morgan fingerprint density at radius 1 is 0.328 bits per heavy atom. The van der Waals surface area contributed by atoms with Gasteiger partial charge in [-0.1, -0.05) is 232 Å². The molecule has 6 heteroatoms. The van der Waals surface area contributed by atoms with E-state index in [1.165, 1.54) is 186 Å². The van der Waals surface area contributed by atoms with Crippen LogP contribution >= 0.6 is 0 Å². The highest BCUT2D eigenvalue weighted by molar-refractivity contribution is 5.71. The predicted octanol–water partition coefficient (Wildman–Crippen LogP) is 16.6. The number of unbranched alkanes of at least 4 members (excludes halogenated alkanes) is 34. The average Bonchev–Trinajstić information content (AvgIpc) is 3.22. The molecule has 342 valence electrons. The van der Waals surface area contributed by atoms with Crippen LogP contribution in [-0.4, -0.2) is 37.2 Å². The molecule has 6 nitrogen and oxygen atoms in total. The molecule has 0 saturated carbocycles. The second kappa shape index (κ2) is 47.8. The number of rotatable bonds is 47. The molecular formula is C52H98O6. The van der Waals surface area contributed by atoms with Crippen molar-refractivity contribution in [3.8, 4) is 0 Å². The Hall–Kier alpha value is -1.85. The highest BCUT2D eigenvalue weighted by atomic mass is 16.6. The fourth-order valence-corrected chi connectivity index (χ4v) is 7.61. The average molecular weight is 819 g/mol. The topological polar surface area (TPSA) is 78.9 Å². The van der Waals surface area contributed by atoms with Crippen molar-refractivity contribution in [2.75, 3.05) is 13.2 Å². The van der Waals surface area contributed by atoms with Crippen LogP contribution in [0.1, 0.15) is 284 Å². The smallest absolute Gasteiger partial charge is 0.306 e. The lowest BCUT2D eigenvalue weighted by Crippen LogP contribution is -2.30. The summed E-state index contributed by atoms with van der Waals surface area (Å²) in [6.07, 6.45) is 51.9. The summed E-state index contributed by atoms with van der Waals surface area (Å²) in [7, 11) is 0. The molecule has 0 aliphatic heterocycles. The van der Waals surface area contributed by atoms with Crippen LogP contribution in [0.25, 0.3) is 0 Å². The van der Waals surface area contributed by atoms with Gasteiger partial charge in [0.1, 0.15) is 13.2 Å². The summed E-state index contributed by atoms with van der Waals surface area (Å²) in [5, 5.41) is 0. The Labute approximate surface area is 360 Å². The monoisotopic (exact) mass is 819 g/mol. The van der Waals surface area contributed by atoms with Crippen molar-refractivity contribution in [1.82, 2.24) is 0 Å². The molecular weight excluding hydrogens is 721 g/mol. The number of hydrogen-bond donors (Lipinski definition) is 0. The van der Waals surface area contributed by atoms with Gasteiger partial charge in [0.2, 0.25) is 0 Å². The molecule has 1 atom stereocenters. The maximum atomic E-state index is 12.8. The van der Waals surface area contributed by atoms with Gasteiger partial charge in [-0.25, -0.2) is 0 Å². The van der Waals surface area contributed by atoms with E-state index in [9.17, 15) is 14.4 Å². The molecule has 0 aromatic rings. The largest absolute Gasteiger partial charge is 0.462 e. The van der Waals surface area contributed by atoms with Crippen molar-refractivity contribution in [3.05, 3.63) is 12.2 Å². The third-order valence-electron chi connectivity index (χ3n) is 11.5. The lowest BCUT2D eigenvalue weighted by atomic mass is 10.0. The zero-order valence-electron chi connectivity index (χ0n) is 39.1. The van der Waals surface area contributed by atoms with E-state index in [4.69, 9.17) is 14.2 Å². The minimum absolute atomic E-state index is 0.0665. The Balaban J connectivity index is 4.28. The van der Waals surface area contributed by atoms with Crippen LogP contribution < -0.4 is 0 Å². The van der Waals surface area contributed by atoms with E-state index >= 15 is 0 Å². The van der Waals surface area contributed by atoms with Gasteiger partial charge in [-0.2, -0.15) is 0 Å². The molecule has 0 aromatic carbocycles. The van der Waals surface area contributed by atoms with E-state index in [1.54, 1.807) is 0 Å². The number of carbonyl (C=O) groups is 3. The minimum Gasteiger partial charge on any atom is -0.462 e. The van der Waals surface area contributed by atoms with Crippen molar-refractivity contribution >= 4 is 17.9 Å². The van der Waals surface area contributed by atoms with E-state index in [2.05, 4.69) is 32.9 Å². The number of carbonyl (C=O) groups excluding carboxylic acids is 3. The van der Waals surface area contributed by atoms with Gasteiger partial charge in [0.25, 0.3) is 0 Å². The Bertz CT molecular complexity index is 900. The van der Waals surface area contributed by atoms with Crippen LogP contribution in [0, 0.1) is 0 Å². The van der Waals surface area contributed by atoms with Crippen LogP contribution in [0.4, 0.5) is 0 Å². The number of allylic oxidation sites excluding steroid dienone is 2. The third kappa shape index (κ3) is 45.2. The SMILES string of the molecule is CCCCCCCC/C=C\CCCCCCCCCC(=O)OC[C@@H](COC(=O)CCCCCCCCCCC)OC(=O)CCCCCCCCCCCCCCCC. The van der Waals surface area contributed by atoms with Gasteiger partial charge >= 0.3 is 17.9 Å². The van der Waals surface area contributed by atoms with Crippen LogP contribution in [0.3, 0.4) is 0 Å². The zero-order chi connectivity index (χ0) is 42.3. The quantitative estimate of drug-likeness (QED) is 0.0263. The molecule has 0 fully saturated rings. The van der Waals surface area contributed by atoms with E-state index in [-0.39, 0.29) is 31.1 Å². The zero-order valence-corrected chi connectivity index (χ0v) is 39.1. The molecule has 0 bridgehead atoms. The highest BCUT2D eigenvalue weighted by Crippen LogP contribution is 2.16. The van der Waals surface area contributed by atoms with Crippen LogP contribution in [0.5, 0.6) is 0 Å². The molecule has 0 aliphatic carbocycles. The van der Waals surface area contributed by atoms with Gasteiger partial charge in [0.15, 0.2) is 6.10 Å². The van der Waals surface area contributed by atoms with Crippen molar-refractivity contribution in [2.45, 2.75) is 290 Å². The maximum Gasteiger partial charge on any atom is 0.306 e. The first-order valence-electron chi connectivity index (χ1n) is 25.7. The molecule has 0 aliphatic rings. The molecule has 0 aromatic heterocycles. The molecule has 0 amide bonds. The molecule has 0 unspecified atom stereocenters. The lowest BCUT2D eigenvalue weighted by Gasteiger charge is -2.18. The molecule has 0 radical (unpaired) electrons. The number of hydrogen-bond acceptors (Lipinski definition) is 6. The molecule has 0 heterocycles. The summed E-state index contributed by atoms with van der Waals surface area (Å²) in [5.74, 6) is -0.858. The molecule has 58 heavy (non-hydrogen) atoms. The van der Waals surface area contributed by atoms with Gasteiger partial charge in [0, 0.05) is 19.3 Å². The second-order valence-corrected chi connectivity index (χ2v) is 17.4. The van der Waals surface area contributed by atoms with Gasteiger partial charge in [-0.15, -0.1) is 0 Å². The summed E-state index contributed by atoms with van der Waals surface area (Å²) < 4.78 is 16.8. The van der Waals surface area contributed by atoms with Crippen molar-refractivity contribution < 1.29 is 28.6 Å². The number of esters is 3. The predicted molar refractivity (Wildman–Crippen MR) is 247 cm³/mol. The van der Waals surface area contributed by atoms with Crippen LogP contribution in [-0.2, 0) is 28.6 Å². The van der Waals surface area contributed by atoms with Crippen molar-refractivity contribution in [1.29, 1.82) is 0 Å². The third-order valence-corrected chi connectivity index (χ3v) is 11.5. The summed E-state index contributed by atoms with van der Waals surface area (Å²) in [4.78, 5) is 37.8.